The van der Waals surface area contributed by atoms with Gasteiger partial charge in [0.25, 0.3) is 0 Å². The highest BCUT2D eigenvalue weighted by atomic mass is 16.5. The first-order valence-corrected chi connectivity index (χ1v) is 6.06. The zero-order chi connectivity index (χ0) is 12.1. The maximum atomic E-state index is 11.3. The molecule has 94 valence electrons. The normalized spacial score (nSPS) is 28.8. The second-order valence-corrected chi connectivity index (χ2v) is 4.58. The van der Waals surface area contributed by atoms with Gasteiger partial charge in [-0.1, -0.05) is 6.92 Å². The van der Waals surface area contributed by atoms with Gasteiger partial charge in [-0.05, 0) is 26.2 Å². The summed E-state index contributed by atoms with van der Waals surface area (Å²) in [5, 5.41) is 0. The van der Waals surface area contributed by atoms with Crippen molar-refractivity contribution in [2.75, 3.05) is 7.11 Å². The zero-order valence-corrected chi connectivity index (χ0v) is 10.4. The van der Waals surface area contributed by atoms with Crippen molar-refractivity contribution < 1.29 is 14.3 Å². The third kappa shape index (κ3) is 3.46. The van der Waals surface area contributed by atoms with Crippen LogP contribution in [0.5, 0.6) is 0 Å². The Balaban J connectivity index is 2.59. The summed E-state index contributed by atoms with van der Waals surface area (Å²) in [7, 11) is 1.41. The quantitative estimate of drug-likeness (QED) is 0.725. The van der Waals surface area contributed by atoms with E-state index in [0.29, 0.717) is 6.42 Å². The van der Waals surface area contributed by atoms with E-state index in [9.17, 15) is 4.79 Å². The Bertz CT molecular complexity index is 232. The van der Waals surface area contributed by atoms with E-state index in [2.05, 4.69) is 6.92 Å². The van der Waals surface area contributed by atoms with Gasteiger partial charge in [0.1, 0.15) is 0 Å². The van der Waals surface area contributed by atoms with Crippen LogP contribution in [0.1, 0.15) is 39.5 Å². The van der Waals surface area contributed by atoms with Crippen LogP contribution in [0.15, 0.2) is 0 Å². The van der Waals surface area contributed by atoms with Gasteiger partial charge in [0.05, 0.1) is 25.7 Å². The second kappa shape index (κ2) is 6.21. The number of hydrogen-bond donors (Lipinski definition) is 1. The molecule has 4 heteroatoms. The first-order chi connectivity index (χ1) is 7.58. The molecule has 4 nitrogen and oxygen atoms in total. The minimum absolute atomic E-state index is 0.00870. The minimum atomic E-state index is -0.197. The Morgan fingerprint density at radius 2 is 2.25 bits per heavy atom. The van der Waals surface area contributed by atoms with E-state index in [1.54, 1.807) is 0 Å². The number of carbonyl (C=O) groups excluding carboxylic acids is 1. The van der Waals surface area contributed by atoms with Gasteiger partial charge in [-0.15, -0.1) is 0 Å². The molecule has 2 N–H and O–H groups in total. The van der Waals surface area contributed by atoms with Crippen LogP contribution >= 0.6 is 0 Å². The van der Waals surface area contributed by atoms with Gasteiger partial charge in [-0.3, -0.25) is 4.79 Å². The average Bonchev–Trinajstić information content (AvgIpc) is 2.71. The molecule has 0 aromatic heterocycles. The van der Waals surface area contributed by atoms with E-state index in [1.165, 1.54) is 7.11 Å². The highest BCUT2D eigenvalue weighted by molar-refractivity contribution is 5.69. The van der Waals surface area contributed by atoms with Crippen LogP contribution in [0.3, 0.4) is 0 Å². The lowest BCUT2D eigenvalue weighted by molar-refractivity contribution is -0.143. The van der Waals surface area contributed by atoms with Crippen molar-refractivity contribution in [3.05, 3.63) is 0 Å². The lowest BCUT2D eigenvalue weighted by atomic mass is 9.88. The van der Waals surface area contributed by atoms with Crippen LogP contribution in [0, 0.1) is 5.92 Å². The Morgan fingerprint density at radius 1 is 1.56 bits per heavy atom. The van der Waals surface area contributed by atoms with Crippen LogP contribution in [0.25, 0.3) is 0 Å². The molecule has 0 saturated carbocycles. The molecule has 0 radical (unpaired) electrons. The average molecular weight is 229 g/mol. The first-order valence-electron chi connectivity index (χ1n) is 6.06. The molecule has 0 spiro atoms. The van der Waals surface area contributed by atoms with E-state index in [1.807, 2.05) is 6.92 Å². The monoisotopic (exact) mass is 229 g/mol. The summed E-state index contributed by atoms with van der Waals surface area (Å²) in [5.74, 6) is -0.112. The van der Waals surface area contributed by atoms with Crippen LogP contribution in [0.2, 0.25) is 0 Å². The molecule has 1 saturated heterocycles. The molecule has 1 aliphatic rings. The number of rotatable bonds is 5. The molecular formula is C12H23NO3. The van der Waals surface area contributed by atoms with Crippen LogP contribution in [0.4, 0.5) is 0 Å². The highest BCUT2D eigenvalue weighted by Crippen LogP contribution is 2.29. The van der Waals surface area contributed by atoms with Gasteiger partial charge in [-0.25, -0.2) is 0 Å². The fourth-order valence-corrected chi connectivity index (χ4v) is 2.29. The van der Waals surface area contributed by atoms with Crippen molar-refractivity contribution in [3.8, 4) is 0 Å². The fourth-order valence-electron chi connectivity index (χ4n) is 2.29. The number of hydrogen-bond acceptors (Lipinski definition) is 4. The minimum Gasteiger partial charge on any atom is -0.469 e. The summed E-state index contributed by atoms with van der Waals surface area (Å²) in [6.45, 7) is 4.10. The van der Waals surface area contributed by atoms with Gasteiger partial charge in [-0.2, -0.15) is 0 Å². The van der Waals surface area contributed by atoms with Crippen molar-refractivity contribution >= 4 is 5.97 Å². The van der Waals surface area contributed by atoms with Gasteiger partial charge >= 0.3 is 5.97 Å². The van der Waals surface area contributed by atoms with Gasteiger partial charge in [0.15, 0.2) is 0 Å². The lowest BCUT2D eigenvalue weighted by Gasteiger charge is -2.27. The van der Waals surface area contributed by atoms with Crippen molar-refractivity contribution in [2.24, 2.45) is 11.7 Å². The van der Waals surface area contributed by atoms with Gasteiger partial charge < -0.3 is 15.2 Å². The van der Waals surface area contributed by atoms with Crippen molar-refractivity contribution in [1.82, 2.24) is 0 Å². The molecule has 1 heterocycles. The molecule has 4 atom stereocenters. The van der Waals surface area contributed by atoms with Crippen molar-refractivity contribution in [2.45, 2.75) is 57.8 Å². The van der Waals surface area contributed by atoms with Gasteiger partial charge in [0.2, 0.25) is 0 Å². The summed E-state index contributed by atoms with van der Waals surface area (Å²) in [6, 6.07) is 0.00870. The number of esters is 1. The molecule has 0 aromatic carbocycles. The predicted octanol–water partition coefficient (Wildman–Crippen LogP) is 1.47. The van der Waals surface area contributed by atoms with Crippen molar-refractivity contribution in [1.29, 1.82) is 0 Å². The molecule has 0 amide bonds. The van der Waals surface area contributed by atoms with Crippen LogP contribution in [-0.4, -0.2) is 31.3 Å². The van der Waals surface area contributed by atoms with Crippen molar-refractivity contribution in [3.63, 3.8) is 0 Å². The van der Waals surface area contributed by atoms with Crippen LogP contribution in [-0.2, 0) is 14.3 Å². The van der Waals surface area contributed by atoms with E-state index < -0.39 is 0 Å². The predicted molar refractivity (Wildman–Crippen MR) is 62.0 cm³/mol. The summed E-state index contributed by atoms with van der Waals surface area (Å²) < 4.78 is 10.5. The number of nitrogens with two attached hydrogens (primary N) is 1. The molecule has 0 bridgehead atoms. The lowest BCUT2D eigenvalue weighted by Crippen LogP contribution is -2.39. The number of ether oxygens (including phenoxy) is 2. The van der Waals surface area contributed by atoms with Crippen LogP contribution < -0.4 is 5.73 Å². The topological polar surface area (TPSA) is 61.6 Å². The van der Waals surface area contributed by atoms with Gasteiger partial charge in [0, 0.05) is 12.0 Å². The molecule has 0 aliphatic carbocycles. The Kier molecular flexibility index (Phi) is 5.22. The summed E-state index contributed by atoms with van der Waals surface area (Å²) in [5.41, 5.74) is 6.06. The van der Waals surface area contributed by atoms with E-state index in [0.717, 1.165) is 19.3 Å². The molecule has 1 rings (SSSR count). The van der Waals surface area contributed by atoms with E-state index >= 15 is 0 Å². The smallest absolute Gasteiger partial charge is 0.305 e. The maximum absolute atomic E-state index is 11.3. The molecule has 1 aliphatic heterocycles. The Labute approximate surface area is 97.5 Å². The first kappa shape index (κ1) is 13.5. The number of methoxy groups -OCH3 is 1. The summed E-state index contributed by atoms with van der Waals surface area (Å²) >= 11 is 0. The maximum Gasteiger partial charge on any atom is 0.305 e. The third-order valence-electron chi connectivity index (χ3n) is 3.39. The zero-order valence-electron chi connectivity index (χ0n) is 10.4. The fraction of sp³-hybridized carbons (Fsp3) is 0.917. The largest absolute Gasteiger partial charge is 0.469 e. The SMILES string of the molecule is CCC(N)C(CC(=O)OC)C1CCC(C)O1. The molecule has 4 unspecified atom stereocenters. The molecule has 1 fully saturated rings. The van der Waals surface area contributed by atoms with E-state index in [-0.39, 0.29) is 30.1 Å². The third-order valence-corrected chi connectivity index (χ3v) is 3.39. The molecule has 16 heavy (non-hydrogen) atoms. The molecule has 0 aromatic rings. The second-order valence-electron chi connectivity index (χ2n) is 4.58. The standard InChI is InChI=1S/C12H23NO3/c1-4-10(13)9(7-12(14)15-3)11-6-5-8(2)16-11/h8-11H,4-7,13H2,1-3H3. The molecular weight excluding hydrogens is 206 g/mol. The number of carbonyl (C=O) groups is 1. The highest BCUT2D eigenvalue weighted by Gasteiger charge is 2.34. The summed E-state index contributed by atoms with van der Waals surface area (Å²) in [4.78, 5) is 11.3. The Hall–Kier alpha value is -0.610. The summed E-state index contributed by atoms with van der Waals surface area (Å²) in [6.07, 6.45) is 3.67. The Morgan fingerprint density at radius 3 is 2.69 bits per heavy atom. The van der Waals surface area contributed by atoms with E-state index in [4.69, 9.17) is 15.2 Å².